The van der Waals surface area contributed by atoms with Crippen LogP contribution in [0.1, 0.15) is 59.3 Å². The fourth-order valence-corrected chi connectivity index (χ4v) is 1.43. The first-order valence-corrected chi connectivity index (χ1v) is 7.00. The van der Waals surface area contributed by atoms with E-state index >= 15 is 0 Å². The summed E-state index contributed by atoms with van der Waals surface area (Å²) in [5, 5.41) is 20.1. The fourth-order valence-electron chi connectivity index (χ4n) is 1.43. The molecule has 7 nitrogen and oxygen atoms in total. The average molecular weight is 294 g/mol. The SMILES string of the molecule is CC=COOOOOOOCCCCCCCC(C)C. The standard InChI is InChI=1S/C13H26O7/c1-4-11-14-16-18-20-19-17-15-12-9-7-5-6-8-10-13(2)3/h4,11,13H,5-10,12H2,1-3H3. The molecule has 0 aromatic rings. The third kappa shape index (κ3) is 17.3. The molecule has 0 radical (unpaired) electrons. The number of hydrogen-bond acceptors (Lipinski definition) is 7. The van der Waals surface area contributed by atoms with Crippen LogP contribution in [0.4, 0.5) is 0 Å². The van der Waals surface area contributed by atoms with Gasteiger partial charge in [-0.15, -0.1) is 0 Å². The zero-order chi connectivity index (χ0) is 14.9. The highest BCUT2D eigenvalue weighted by Crippen LogP contribution is 2.10. The van der Waals surface area contributed by atoms with E-state index in [1.165, 1.54) is 31.9 Å². The maximum absolute atomic E-state index is 4.67. The molecule has 0 saturated carbocycles. The van der Waals surface area contributed by atoms with E-state index in [1.807, 2.05) is 0 Å². The van der Waals surface area contributed by atoms with Gasteiger partial charge in [-0.3, -0.25) is 0 Å². The molecular weight excluding hydrogens is 268 g/mol. The van der Waals surface area contributed by atoms with Crippen molar-refractivity contribution in [1.82, 2.24) is 0 Å². The lowest BCUT2D eigenvalue weighted by atomic mass is 10.0. The molecule has 0 aliphatic rings. The molecule has 0 N–H and O–H groups in total. The Kier molecular flexibility index (Phi) is 15.8. The zero-order valence-corrected chi connectivity index (χ0v) is 12.5. The first-order valence-electron chi connectivity index (χ1n) is 7.00. The van der Waals surface area contributed by atoms with Crippen molar-refractivity contribution in [3.05, 3.63) is 12.3 Å². The van der Waals surface area contributed by atoms with Crippen LogP contribution in [0.5, 0.6) is 0 Å². The molecule has 0 aliphatic carbocycles. The number of rotatable bonds is 15. The van der Waals surface area contributed by atoms with E-state index in [0.29, 0.717) is 6.61 Å². The third-order valence-electron chi connectivity index (χ3n) is 2.40. The largest absolute Gasteiger partial charge is 0.314 e. The van der Waals surface area contributed by atoms with Crippen LogP contribution in [0, 0.1) is 5.92 Å². The highest BCUT2D eigenvalue weighted by Gasteiger charge is 1.96. The van der Waals surface area contributed by atoms with Crippen molar-refractivity contribution in [3.63, 3.8) is 0 Å². The monoisotopic (exact) mass is 294 g/mol. The van der Waals surface area contributed by atoms with E-state index in [-0.39, 0.29) is 0 Å². The number of allylic oxidation sites excluding steroid dienone is 1. The minimum Gasteiger partial charge on any atom is -0.314 e. The molecule has 0 rings (SSSR count). The van der Waals surface area contributed by atoms with Crippen molar-refractivity contribution >= 4 is 0 Å². The predicted molar refractivity (Wildman–Crippen MR) is 69.8 cm³/mol. The van der Waals surface area contributed by atoms with Gasteiger partial charge in [0.2, 0.25) is 0 Å². The Morgan fingerprint density at radius 1 is 0.800 bits per heavy atom. The summed E-state index contributed by atoms with van der Waals surface area (Å²) in [6.07, 6.45) is 9.87. The van der Waals surface area contributed by atoms with Gasteiger partial charge in [0.25, 0.3) is 0 Å². The van der Waals surface area contributed by atoms with Crippen LogP contribution in [0.2, 0.25) is 0 Å². The maximum Gasteiger partial charge on any atom is 0.128 e. The van der Waals surface area contributed by atoms with Crippen molar-refractivity contribution in [2.75, 3.05) is 6.61 Å². The van der Waals surface area contributed by atoms with E-state index in [9.17, 15) is 0 Å². The second kappa shape index (κ2) is 16.4. The first-order chi connectivity index (χ1) is 9.77. The van der Waals surface area contributed by atoms with Crippen molar-refractivity contribution in [3.8, 4) is 0 Å². The van der Waals surface area contributed by atoms with Gasteiger partial charge in [-0.2, -0.15) is 0 Å². The van der Waals surface area contributed by atoms with Crippen molar-refractivity contribution in [1.29, 1.82) is 0 Å². The number of unbranched alkanes of at least 4 members (excludes halogenated alkanes) is 4. The predicted octanol–water partition coefficient (Wildman–Crippen LogP) is 4.12. The second-order valence-corrected chi connectivity index (χ2v) is 4.68. The Hall–Kier alpha value is -0.700. The fraction of sp³-hybridized carbons (Fsp3) is 0.846. The summed E-state index contributed by atoms with van der Waals surface area (Å²) in [5.41, 5.74) is 0. The van der Waals surface area contributed by atoms with Crippen LogP contribution in [0.25, 0.3) is 0 Å². The Morgan fingerprint density at radius 3 is 2.20 bits per heavy atom. The lowest BCUT2D eigenvalue weighted by Gasteiger charge is -2.04. The molecule has 0 saturated heterocycles. The molecule has 0 aromatic carbocycles. The lowest BCUT2D eigenvalue weighted by molar-refractivity contribution is -0.786. The van der Waals surface area contributed by atoms with Gasteiger partial charge in [0, 0.05) is 15.1 Å². The maximum atomic E-state index is 4.67. The molecule has 7 heteroatoms. The Labute approximate surface area is 120 Å². The molecule has 120 valence electrons. The summed E-state index contributed by atoms with van der Waals surface area (Å²) >= 11 is 0. The minimum absolute atomic E-state index is 0.420. The van der Waals surface area contributed by atoms with Crippen LogP contribution >= 0.6 is 0 Å². The third-order valence-corrected chi connectivity index (χ3v) is 2.40. The minimum atomic E-state index is 0.420. The molecule has 0 aliphatic heterocycles. The van der Waals surface area contributed by atoms with Crippen LogP contribution in [-0.4, -0.2) is 6.61 Å². The second-order valence-electron chi connectivity index (χ2n) is 4.68. The molecule has 0 bridgehead atoms. The summed E-state index contributed by atoms with van der Waals surface area (Å²) in [7, 11) is 0. The van der Waals surface area contributed by atoms with E-state index in [0.717, 1.165) is 18.8 Å². The zero-order valence-electron chi connectivity index (χ0n) is 12.5. The lowest BCUT2D eigenvalue weighted by Crippen LogP contribution is -2.01. The molecule has 0 amide bonds. The first kappa shape index (κ1) is 19.3. The van der Waals surface area contributed by atoms with Gasteiger partial charge < -0.3 is 4.89 Å². The van der Waals surface area contributed by atoms with Gasteiger partial charge in [0.15, 0.2) is 0 Å². The molecule has 0 aromatic heterocycles. The Balaban J connectivity index is 2.96. The van der Waals surface area contributed by atoms with Crippen molar-refractivity contribution < 1.29 is 35.0 Å². The van der Waals surface area contributed by atoms with Gasteiger partial charge in [-0.05, 0) is 35.4 Å². The van der Waals surface area contributed by atoms with Gasteiger partial charge in [0.05, 0.1) is 6.61 Å². The van der Waals surface area contributed by atoms with E-state index in [2.05, 4.69) is 48.8 Å². The number of hydrogen-bond donors (Lipinski definition) is 0. The average Bonchev–Trinajstić information content (AvgIpc) is 2.43. The van der Waals surface area contributed by atoms with E-state index in [4.69, 9.17) is 0 Å². The topological polar surface area (TPSA) is 64.6 Å². The molecular formula is C13H26O7. The quantitative estimate of drug-likeness (QED) is 0.195. The normalized spacial score (nSPS) is 11.6. The molecule has 0 heterocycles. The van der Waals surface area contributed by atoms with Gasteiger partial charge >= 0.3 is 0 Å². The van der Waals surface area contributed by atoms with Gasteiger partial charge in [-0.25, -0.2) is 4.89 Å². The Bertz CT molecular complexity index is 209. The Morgan fingerprint density at radius 2 is 1.45 bits per heavy atom. The molecule has 0 unspecified atom stereocenters. The van der Waals surface area contributed by atoms with E-state index < -0.39 is 0 Å². The van der Waals surface area contributed by atoms with Gasteiger partial charge in [0.1, 0.15) is 6.26 Å². The molecule has 20 heavy (non-hydrogen) atoms. The van der Waals surface area contributed by atoms with Crippen LogP contribution < -0.4 is 0 Å². The van der Waals surface area contributed by atoms with Crippen molar-refractivity contribution in [2.24, 2.45) is 5.92 Å². The van der Waals surface area contributed by atoms with E-state index in [1.54, 1.807) is 13.0 Å². The summed E-state index contributed by atoms with van der Waals surface area (Å²) < 4.78 is 0. The van der Waals surface area contributed by atoms with Gasteiger partial charge in [-0.1, -0.05) is 46.0 Å². The molecule has 0 spiro atoms. The highest BCUT2D eigenvalue weighted by atomic mass is 17.9. The van der Waals surface area contributed by atoms with Crippen LogP contribution in [0.3, 0.4) is 0 Å². The highest BCUT2D eigenvalue weighted by molar-refractivity contribution is 4.62. The van der Waals surface area contributed by atoms with Crippen molar-refractivity contribution in [2.45, 2.75) is 59.3 Å². The summed E-state index contributed by atoms with van der Waals surface area (Å²) in [6, 6.07) is 0. The summed E-state index contributed by atoms with van der Waals surface area (Å²) in [5.74, 6) is 0.790. The van der Waals surface area contributed by atoms with Crippen LogP contribution in [0.15, 0.2) is 12.3 Å². The smallest absolute Gasteiger partial charge is 0.128 e. The molecule has 0 atom stereocenters. The molecule has 0 fully saturated rings. The summed E-state index contributed by atoms with van der Waals surface area (Å²) in [4.78, 5) is 8.95. The van der Waals surface area contributed by atoms with Crippen LogP contribution in [-0.2, 0) is 35.0 Å². The summed E-state index contributed by atoms with van der Waals surface area (Å²) in [6.45, 7) is 6.65.